The second kappa shape index (κ2) is 8.13. The first-order valence-corrected chi connectivity index (χ1v) is 9.76. The molecule has 0 unspecified atom stereocenters. The van der Waals surface area contributed by atoms with Crippen LogP contribution >= 0.6 is 0 Å². The molecule has 1 aromatic carbocycles. The minimum atomic E-state index is -0.722. The molecule has 4 rings (SSSR count). The summed E-state index contributed by atoms with van der Waals surface area (Å²) in [6, 6.07) is 9.58. The topological polar surface area (TPSA) is 89.2 Å². The number of hydrogen-bond acceptors (Lipinski definition) is 6. The third kappa shape index (κ3) is 3.65. The van der Waals surface area contributed by atoms with Crippen LogP contribution in [0.5, 0.6) is 5.75 Å². The Labute approximate surface area is 168 Å². The molecule has 152 valence electrons. The summed E-state index contributed by atoms with van der Waals surface area (Å²) >= 11 is 0. The maximum atomic E-state index is 13.1. The van der Waals surface area contributed by atoms with Crippen molar-refractivity contribution in [2.75, 3.05) is 19.8 Å². The van der Waals surface area contributed by atoms with Gasteiger partial charge in [0.25, 0.3) is 5.91 Å². The molecular formula is C22H23NO6. The summed E-state index contributed by atoms with van der Waals surface area (Å²) in [5.74, 6) is -0.847. The van der Waals surface area contributed by atoms with E-state index in [4.69, 9.17) is 13.9 Å². The van der Waals surface area contributed by atoms with E-state index >= 15 is 0 Å². The van der Waals surface area contributed by atoms with E-state index in [1.165, 1.54) is 17.2 Å². The fraction of sp³-hybridized carbons (Fsp3) is 0.364. The van der Waals surface area contributed by atoms with Gasteiger partial charge in [-0.25, -0.2) is 0 Å². The number of carbonyl (C=O) groups excluding carboxylic acids is 2. The van der Waals surface area contributed by atoms with Gasteiger partial charge in [0.15, 0.2) is 11.5 Å². The number of carbonyl (C=O) groups is 2. The minimum Gasteiger partial charge on any atom is -0.503 e. The summed E-state index contributed by atoms with van der Waals surface area (Å²) < 4.78 is 16.4. The number of Topliss-reactive ketones (excluding diaryl/α,β-unsaturated/α-hetero) is 1. The predicted octanol–water partition coefficient (Wildman–Crippen LogP) is 3.44. The van der Waals surface area contributed by atoms with Gasteiger partial charge in [-0.2, -0.15) is 0 Å². The van der Waals surface area contributed by atoms with Crippen molar-refractivity contribution < 1.29 is 28.6 Å². The van der Waals surface area contributed by atoms with Gasteiger partial charge in [0, 0.05) is 13.2 Å². The van der Waals surface area contributed by atoms with Crippen LogP contribution in [0.3, 0.4) is 0 Å². The molecular weight excluding hydrogens is 374 g/mol. The molecule has 1 aromatic heterocycles. The van der Waals surface area contributed by atoms with Crippen molar-refractivity contribution in [1.82, 2.24) is 4.90 Å². The lowest BCUT2D eigenvalue weighted by Gasteiger charge is -2.28. The second-order valence-electron chi connectivity index (χ2n) is 7.07. The molecule has 0 radical (unpaired) electrons. The van der Waals surface area contributed by atoms with Crippen molar-refractivity contribution in [2.45, 2.75) is 31.9 Å². The molecule has 1 N–H and O–H groups in total. The number of aliphatic hydroxyl groups excluding tert-OH is 1. The zero-order valence-corrected chi connectivity index (χ0v) is 16.2. The van der Waals surface area contributed by atoms with Gasteiger partial charge in [0.2, 0.25) is 5.78 Å². The van der Waals surface area contributed by atoms with Crippen LogP contribution in [0.4, 0.5) is 0 Å². The zero-order chi connectivity index (χ0) is 20.4. The van der Waals surface area contributed by atoms with Gasteiger partial charge < -0.3 is 23.9 Å². The number of amides is 1. The number of hydrogen-bond donors (Lipinski definition) is 1. The Balaban J connectivity index is 1.72. The van der Waals surface area contributed by atoms with Crippen LogP contribution in [0.2, 0.25) is 0 Å². The van der Waals surface area contributed by atoms with Crippen LogP contribution in [0, 0.1) is 0 Å². The molecule has 2 atom stereocenters. The molecule has 1 amide bonds. The molecule has 2 aliphatic rings. The highest BCUT2D eigenvalue weighted by Crippen LogP contribution is 2.40. The van der Waals surface area contributed by atoms with Crippen molar-refractivity contribution in [3.63, 3.8) is 0 Å². The first-order valence-electron chi connectivity index (χ1n) is 9.76. The maximum Gasteiger partial charge on any atom is 0.290 e. The quantitative estimate of drug-likeness (QED) is 0.720. The highest BCUT2D eigenvalue weighted by atomic mass is 16.5. The van der Waals surface area contributed by atoms with Gasteiger partial charge in [-0.1, -0.05) is 12.1 Å². The Hall–Kier alpha value is -3.06. The Kier molecular flexibility index (Phi) is 5.40. The summed E-state index contributed by atoms with van der Waals surface area (Å²) in [6.45, 7) is 3.39. The second-order valence-corrected chi connectivity index (χ2v) is 7.07. The van der Waals surface area contributed by atoms with Crippen molar-refractivity contribution in [3.05, 3.63) is 65.3 Å². The molecule has 2 aromatic rings. The van der Waals surface area contributed by atoms with Crippen LogP contribution in [-0.2, 0) is 9.53 Å². The fourth-order valence-corrected chi connectivity index (χ4v) is 3.88. The average Bonchev–Trinajstić information content (AvgIpc) is 3.47. The van der Waals surface area contributed by atoms with E-state index in [-0.39, 0.29) is 17.4 Å². The molecule has 2 aliphatic heterocycles. The first-order chi connectivity index (χ1) is 14.1. The molecule has 1 fully saturated rings. The van der Waals surface area contributed by atoms with Crippen molar-refractivity contribution in [2.24, 2.45) is 0 Å². The smallest absolute Gasteiger partial charge is 0.290 e. The molecule has 0 spiro atoms. The monoisotopic (exact) mass is 397 g/mol. The summed E-state index contributed by atoms with van der Waals surface area (Å²) in [5.41, 5.74) is 0.728. The van der Waals surface area contributed by atoms with Crippen LogP contribution in [0.25, 0.3) is 0 Å². The van der Waals surface area contributed by atoms with E-state index in [9.17, 15) is 14.7 Å². The van der Waals surface area contributed by atoms with Crippen LogP contribution in [-0.4, -0.2) is 47.6 Å². The summed E-state index contributed by atoms with van der Waals surface area (Å²) in [6.07, 6.45) is 3.03. The molecule has 0 bridgehead atoms. The number of furan rings is 1. The maximum absolute atomic E-state index is 13.1. The number of nitrogens with zero attached hydrogens (tertiary/aromatic N) is 1. The number of ketones is 1. The standard InChI is InChI=1S/C22H23NO6/c1-2-27-15-9-7-14(8-10-15)19-18(20(24)17-6-4-12-29-17)21(25)22(26)23(19)13-16-5-3-11-28-16/h4,6-10,12,16,19,25H,2-3,5,11,13H2,1H3/t16-,19+/m1/s1. The Bertz CT molecular complexity index is 909. The van der Waals surface area contributed by atoms with E-state index in [0.717, 1.165) is 12.8 Å². The first kappa shape index (κ1) is 19.3. The summed E-state index contributed by atoms with van der Waals surface area (Å²) in [4.78, 5) is 27.5. The lowest BCUT2D eigenvalue weighted by atomic mass is 9.95. The molecule has 7 heteroatoms. The van der Waals surface area contributed by atoms with Crippen molar-refractivity contribution in [1.29, 1.82) is 0 Å². The normalized spacial score (nSPS) is 21.8. The summed E-state index contributed by atoms with van der Waals surface area (Å²) in [7, 11) is 0. The van der Waals surface area contributed by atoms with Gasteiger partial charge in [-0.3, -0.25) is 9.59 Å². The lowest BCUT2D eigenvalue weighted by Crippen LogP contribution is -2.37. The molecule has 0 aliphatic carbocycles. The predicted molar refractivity (Wildman–Crippen MR) is 104 cm³/mol. The largest absolute Gasteiger partial charge is 0.503 e. The van der Waals surface area contributed by atoms with Crippen LogP contribution in [0.15, 0.2) is 58.4 Å². The van der Waals surface area contributed by atoms with Crippen LogP contribution in [0.1, 0.15) is 41.9 Å². The van der Waals surface area contributed by atoms with Gasteiger partial charge in [-0.05, 0) is 49.6 Å². The Morgan fingerprint density at radius 1 is 1.28 bits per heavy atom. The molecule has 3 heterocycles. The molecule has 1 saturated heterocycles. The number of benzene rings is 1. The SMILES string of the molecule is CCOc1ccc([C@H]2C(C(=O)c3ccco3)=C(O)C(=O)N2C[C@H]2CCCO2)cc1. The molecule has 29 heavy (non-hydrogen) atoms. The van der Waals surface area contributed by atoms with Gasteiger partial charge in [0.1, 0.15) is 5.75 Å². The van der Waals surface area contributed by atoms with Crippen LogP contribution < -0.4 is 4.74 Å². The number of ether oxygens (including phenoxy) is 2. The zero-order valence-electron chi connectivity index (χ0n) is 16.2. The van der Waals surface area contributed by atoms with Crippen molar-refractivity contribution >= 4 is 11.7 Å². The van der Waals surface area contributed by atoms with Gasteiger partial charge in [0.05, 0.1) is 30.6 Å². The Morgan fingerprint density at radius 3 is 2.69 bits per heavy atom. The van der Waals surface area contributed by atoms with Gasteiger partial charge >= 0.3 is 0 Å². The van der Waals surface area contributed by atoms with E-state index in [1.54, 1.807) is 30.3 Å². The third-order valence-corrected chi connectivity index (χ3v) is 5.22. The number of rotatable bonds is 7. The molecule has 0 saturated carbocycles. The minimum absolute atomic E-state index is 0.0205. The highest BCUT2D eigenvalue weighted by Gasteiger charge is 2.45. The Morgan fingerprint density at radius 2 is 2.07 bits per heavy atom. The highest BCUT2D eigenvalue weighted by molar-refractivity contribution is 6.15. The average molecular weight is 397 g/mol. The van der Waals surface area contributed by atoms with Crippen molar-refractivity contribution in [3.8, 4) is 5.75 Å². The van der Waals surface area contributed by atoms with E-state index < -0.39 is 23.5 Å². The van der Waals surface area contributed by atoms with E-state index in [2.05, 4.69) is 0 Å². The van der Waals surface area contributed by atoms with Gasteiger partial charge in [-0.15, -0.1) is 0 Å². The third-order valence-electron chi connectivity index (χ3n) is 5.22. The number of aliphatic hydroxyl groups is 1. The van der Waals surface area contributed by atoms with E-state index in [1.807, 2.05) is 6.92 Å². The van der Waals surface area contributed by atoms with E-state index in [0.29, 0.717) is 31.1 Å². The fourth-order valence-electron chi connectivity index (χ4n) is 3.88. The molecule has 7 nitrogen and oxygen atoms in total. The lowest BCUT2D eigenvalue weighted by molar-refractivity contribution is -0.131. The summed E-state index contributed by atoms with van der Waals surface area (Å²) in [5, 5.41) is 10.6.